The predicted molar refractivity (Wildman–Crippen MR) is 193 cm³/mol. The van der Waals surface area contributed by atoms with Crippen molar-refractivity contribution in [3.63, 3.8) is 0 Å². The zero-order valence-electron chi connectivity index (χ0n) is 30.3. The fourth-order valence-electron chi connectivity index (χ4n) is 6.86. The molecule has 1 rings (SSSR count). The maximum Gasteiger partial charge on any atom is 0.256 e. The fraction of sp³-hybridized carbons (Fsp3) is 0.927. The normalized spacial score (nSPS) is 11.6. The predicted octanol–water partition coefficient (Wildman–Crippen LogP) is 13.9. The first-order valence-corrected chi connectivity index (χ1v) is 20.4. The van der Waals surface area contributed by atoms with Gasteiger partial charge in [0.2, 0.25) is 0 Å². The van der Waals surface area contributed by atoms with Crippen molar-refractivity contribution < 1.29 is 4.57 Å². The second-order valence-electron chi connectivity index (χ2n) is 14.1. The molecule has 0 aromatic carbocycles. The van der Waals surface area contributed by atoms with Gasteiger partial charge in [0.1, 0.15) is 12.4 Å². The number of aryl methyl sites for hydroxylation is 2. The highest BCUT2D eigenvalue weighted by atomic mass is 15.1. The van der Waals surface area contributed by atoms with Gasteiger partial charge in [-0.1, -0.05) is 194 Å². The number of imidazole rings is 1. The molecule has 254 valence electrons. The van der Waals surface area contributed by atoms with Gasteiger partial charge in [-0.05, 0) is 32.1 Å². The van der Waals surface area contributed by atoms with Gasteiger partial charge in [0.15, 0.2) is 0 Å². The average molecular weight is 602 g/mol. The molecule has 0 saturated carbocycles. The molecule has 2 heteroatoms. The van der Waals surface area contributed by atoms with E-state index in [1.165, 1.54) is 225 Å². The van der Waals surface area contributed by atoms with E-state index in [0.29, 0.717) is 0 Å². The number of hydrogen-bond donors (Lipinski definition) is 0. The molecule has 0 atom stereocenters. The van der Waals surface area contributed by atoms with Crippen molar-refractivity contribution in [2.75, 3.05) is 0 Å². The quantitative estimate of drug-likeness (QED) is 0.0540. The summed E-state index contributed by atoms with van der Waals surface area (Å²) in [5, 5.41) is 0. The van der Waals surface area contributed by atoms with Crippen molar-refractivity contribution in [2.45, 2.75) is 246 Å². The second-order valence-corrected chi connectivity index (χ2v) is 14.1. The summed E-state index contributed by atoms with van der Waals surface area (Å²) >= 11 is 0. The molecule has 0 N–H and O–H groups in total. The highest BCUT2D eigenvalue weighted by Gasteiger charge is 2.16. The van der Waals surface area contributed by atoms with E-state index < -0.39 is 0 Å². The van der Waals surface area contributed by atoms with E-state index in [2.05, 4.69) is 42.3 Å². The molecule has 0 unspecified atom stereocenters. The van der Waals surface area contributed by atoms with Crippen LogP contribution in [0, 0.1) is 0 Å². The Morgan fingerprint density at radius 3 is 1.12 bits per heavy atom. The van der Waals surface area contributed by atoms with Crippen LogP contribution in [0.25, 0.3) is 0 Å². The van der Waals surface area contributed by atoms with Gasteiger partial charge in [-0.3, -0.25) is 0 Å². The molecule has 0 spiro atoms. The van der Waals surface area contributed by atoms with Gasteiger partial charge in [0.05, 0.1) is 13.1 Å². The zero-order valence-corrected chi connectivity index (χ0v) is 30.3. The van der Waals surface area contributed by atoms with Crippen LogP contribution in [-0.4, -0.2) is 4.57 Å². The maximum absolute atomic E-state index is 2.63. The van der Waals surface area contributed by atoms with Gasteiger partial charge >= 0.3 is 0 Å². The van der Waals surface area contributed by atoms with Crippen LogP contribution in [0.4, 0.5) is 0 Å². The summed E-state index contributed by atoms with van der Waals surface area (Å²) < 4.78 is 5.25. The number of unbranched alkanes of at least 4 members (excludes halogenated alkanes) is 29. The Morgan fingerprint density at radius 1 is 0.395 bits per heavy atom. The zero-order chi connectivity index (χ0) is 30.9. The number of nitrogens with zero attached hydrogens (tertiary/aromatic N) is 2. The number of aromatic nitrogens is 2. The molecule has 2 nitrogen and oxygen atoms in total. The molecule has 0 bridgehead atoms. The van der Waals surface area contributed by atoms with Crippen LogP contribution in [0.1, 0.15) is 232 Å². The van der Waals surface area contributed by atoms with Gasteiger partial charge in [0, 0.05) is 6.42 Å². The molecule has 1 heterocycles. The lowest BCUT2D eigenvalue weighted by molar-refractivity contribution is -0.704. The molecule has 1 aromatic heterocycles. The minimum Gasteiger partial charge on any atom is -0.234 e. The standard InChI is InChI=1S/C41H81N2/c1-4-7-10-13-15-17-19-21-22-23-25-27-29-32-35-38-43-40-39-42(41(43)36-33-30-12-9-6-3)37-34-31-28-26-24-20-18-16-14-11-8-5-2/h39-40H,4-38H2,1-3H3/q+1. The summed E-state index contributed by atoms with van der Waals surface area (Å²) in [4.78, 5) is 0. The van der Waals surface area contributed by atoms with Crippen LogP contribution in [-0.2, 0) is 19.5 Å². The van der Waals surface area contributed by atoms with E-state index in [1.807, 2.05) is 0 Å². The van der Waals surface area contributed by atoms with Gasteiger partial charge in [-0.25, -0.2) is 9.13 Å². The highest BCUT2D eigenvalue weighted by molar-refractivity contribution is 4.84. The molecular formula is C41H81N2+. The van der Waals surface area contributed by atoms with Crippen LogP contribution in [0.15, 0.2) is 12.4 Å². The summed E-state index contributed by atoms with van der Waals surface area (Å²) in [6.07, 6.45) is 51.9. The Bertz CT molecular complexity index is 663. The van der Waals surface area contributed by atoms with E-state index in [1.54, 1.807) is 5.82 Å². The molecule has 0 aliphatic rings. The third kappa shape index (κ3) is 25.1. The minimum absolute atomic E-state index is 1.23. The smallest absolute Gasteiger partial charge is 0.234 e. The summed E-state index contributed by atoms with van der Waals surface area (Å²) in [5.74, 6) is 1.62. The number of rotatable bonds is 35. The van der Waals surface area contributed by atoms with E-state index >= 15 is 0 Å². The van der Waals surface area contributed by atoms with Crippen LogP contribution >= 0.6 is 0 Å². The fourth-order valence-corrected chi connectivity index (χ4v) is 6.86. The van der Waals surface area contributed by atoms with Crippen LogP contribution in [0.2, 0.25) is 0 Å². The van der Waals surface area contributed by atoms with Crippen LogP contribution < -0.4 is 4.57 Å². The highest BCUT2D eigenvalue weighted by Crippen LogP contribution is 2.15. The molecule has 0 radical (unpaired) electrons. The third-order valence-electron chi connectivity index (χ3n) is 9.85. The molecule has 0 aliphatic carbocycles. The largest absolute Gasteiger partial charge is 0.256 e. The molecule has 1 aromatic rings. The summed E-state index contributed by atoms with van der Waals surface area (Å²) in [7, 11) is 0. The van der Waals surface area contributed by atoms with E-state index in [0.717, 1.165) is 0 Å². The lowest BCUT2D eigenvalue weighted by atomic mass is 10.0. The first kappa shape index (κ1) is 40.2. The lowest BCUT2D eigenvalue weighted by Crippen LogP contribution is -2.37. The Balaban J connectivity index is 2.18. The average Bonchev–Trinajstić information content (AvgIpc) is 3.40. The van der Waals surface area contributed by atoms with Crippen molar-refractivity contribution in [3.8, 4) is 0 Å². The Kier molecular flexibility index (Phi) is 30.5. The molecule has 0 fully saturated rings. The first-order valence-electron chi connectivity index (χ1n) is 20.4. The Labute approximate surface area is 272 Å². The van der Waals surface area contributed by atoms with Crippen molar-refractivity contribution >= 4 is 0 Å². The summed E-state index contributed by atoms with van der Waals surface area (Å²) in [6.45, 7) is 9.41. The molecule has 0 aliphatic heterocycles. The van der Waals surface area contributed by atoms with E-state index in [4.69, 9.17) is 0 Å². The van der Waals surface area contributed by atoms with Crippen LogP contribution in [0.3, 0.4) is 0 Å². The third-order valence-corrected chi connectivity index (χ3v) is 9.85. The summed E-state index contributed by atoms with van der Waals surface area (Å²) in [5.41, 5.74) is 0. The second kappa shape index (κ2) is 32.6. The van der Waals surface area contributed by atoms with E-state index in [9.17, 15) is 0 Å². The maximum atomic E-state index is 2.63. The first-order chi connectivity index (χ1) is 21.3. The molecular weight excluding hydrogens is 520 g/mol. The van der Waals surface area contributed by atoms with Gasteiger partial charge < -0.3 is 0 Å². The molecule has 0 amide bonds. The van der Waals surface area contributed by atoms with Crippen LogP contribution in [0.5, 0.6) is 0 Å². The lowest BCUT2D eigenvalue weighted by Gasteiger charge is -2.07. The van der Waals surface area contributed by atoms with Gasteiger partial charge in [-0.15, -0.1) is 0 Å². The van der Waals surface area contributed by atoms with Crippen molar-refractivity contribution in [3.05, 3.63) is 18.2 Å². The van der Waals surface area contributed by atoms with Crippen molar-refractivity contribution in [1.29, 1.82) is 0 Å². The minimum atomic E-state index is 1.23. The summed E-state index contributed by atoms with van der Waals surface area (Å²) in [6, 6.07) is 0. The Hall–Kier alpha value is -0.790. The van der Waals surface area contributed by atoms with E-state index in [-0.39, 0.29) is 0 Å². The monoisotopic (exact) mass is 602 g/mol. The molecule has 43 heavy (non-hydrogen) atoms. The topological polar surface area (TPSA) is 8.81 Å². The Morgan fingerprint density at radius 2 is 0.721 bits per heavy atom. The van der Waals surface area contributed by atoms with Gasteiger partial charge in [0.25, 0.3) is 5.82 Å². The van der Waals surface area contributed by atoms with Crippen molar-refractivity contribution in [1.82, 2.24) is 4.57 Å². The number of hydrogen-bond acceptors (Lipinski definition) is 0. The van der Waals surface area contributed by atoms with Crippen molar-refractivity contribution in [2.24, 2.45) is 0 Å². The molecule has 0 saturated heterocycles. The SMILES string of the molecule is CCCCCCCCCCCCCCCCCn1cc[n+](CCCCCCCCCCCCCC)c1CCCCCCC. The van der Waals surface area contributed by atoms with Gasteiger partial charge in [-0.2, -0.15) is 0 Å².